The van der Waals surface area contributed by atoms with Crippen molar-refractivity contribution in [2.75, 3.05) is 5.01 Å². The van der Waals surface area contributed by atoms with Crippen LogP contribution < -0.4 is 5.01 Å². The maximum absolute atomic E-state index is 12.1. The normalized spacial score (nSPS) is 11.0. The minimum absolute atomic E-state index is 0.325. The molecule has 0 radical (unpaired) electrons. The molecular formula is C10H10Cl2F2N2O. The van der Waals surface area contributed by atoms with Crippen molar-refractivity contribution in [2.24, 2.45) is 0 Å². The summed E-state index contributed by atoms with van der Waals surface area (Å²) >= 11 is 10.9. The quantitative estimate of drug-likeness (QED) is 0.623. The molecule has 0 saturated heterocycles. The molecule has 0 aromatic heterocycles. The monoisotopic (exact) mass is 282 g/mol. The van der Waals surface area contributed by atoms with E-state index in [0.717, 1.165) is 10.6 Å². The van der Waals surface area contributed by atoms with Crippen LogP contribution in [0.2, 0.25) is 0 Å². The minimum atomic E-state index is -2.75. The molecule has 0 atom stereocenters. The van der Waals surface area contributed by atoms with E-state index >= 15 is 0 Å². The lowest BCUT2D eigenvalue weighted by atomic mass is 10.2. The first-order valence-electron chi connectivity index (χ1n) is 4.71. The maximum atomic E-state index is 12.1. The van der Waals surface area contributed by atoms with Gasteiger partial charge < -0.3 is 0 Å². The number of alkyl halides is 2. The molecule has 1 aromatic rings. The maximum Gasteiger partial charge on any atom is 0.249 e. The molecular weight excluding hydrogens is 273 g/mol. The van der Waals surface area contributed by atoms with Gasteiger partial charge in [-0.2, -0.15) is 0 Å². The summed E-state index contributed by atoms with van der Waals surface area (Å²) in [6.07, 6.45) is -3.69. The van der Waals surface area contributed by atoms with Crippen LogP contribution in [0.1, 0.15) is 12.0 Å². The summed E-state index contributed by atoms with van der Waals surface area (Å²) in [6, 6.07) is 6.57. The van der Waals surface area contributed by atoms with E-state index in [2.05, 4.69) is 0 Å². The molecule has 3 nitrogen and oxygen atoms in total. The highest BCUT2D eigenvalue weighted by Crippen LogP contribution is 2.22. The molecule has 0 heterocycles. The fourth-order valence-electron chi connectivity index (χ4n) is 1.22. The van der Waals surface area contributed by atoms with Gasteiger partial charge in [0.15, 0.2) is 0 Å². The average Bonchev–Trinajstić information content (AvgIpc) is 2.19. The predicted molar refractivity (Wildman–Crippen MR) is 62.8 cm³/mol. The average molecular weight is 283 g/mol. The Morgan fingerprint density at radius 1 is 1.29 bits per heavy atom. The Balaban J connectivity index is 2.93. The van der Waals surface area contributed by atoms with E-state index in [1.165, 1.54) is 0 Å². The lowest BCUT2D eigenvalue weighted by Gasteiger charge is -2.24. The molecule has 1 amide bonds. The molecule has 0 aliphatic heterocycles. The number of carbonyl (C=O) groups is 1. The van der Waals surface area contributed by atoms with Crippen molar-refractivity contribution in [3.8, 4) is 0 Å². The molecule has 17 heavy (non-hydrogen) atoms. The summed E-state index contributed by atoms with van der Waals surface area (Å²) in [5.74, 6) is -0.881. The van der Waals surface area contributed by atoms with Crippen LogP contribution in [0, 0.1) is 6.92 Å². The van der Waals surface area contributed by atoms with E-state index in [-0.39, 0.29) is 0 Å². The molecule has 0 saturated carbocycles. The number of anilines is 1. The van der Waals surface area contributed by atoms with E-state index in [1.807, 2.05) is 6.92 Å². The number of rotatable bonds is 4. The Labute approximate surface area is 108 Å². The zero-order chi connectivity index (χ0) is 13.0. The molecule has 0 bridgehead atoms. The summed E-state index contributed by atoms with van der Waals surface area (Å²) in [6.45, 7) is 1.86. The van der Waals surface area contributed by atoms with Crippen molar-refractivity contribution in [1.29, 1.82) is 0 Å². The van der Waals surface area contributed by atoms with Crippen molar-refractivity contribution >= 4 is 35.1 Å². The first-order chi connectivity index (χ1) is 7.91. The smallest absolute Gasteiger partial charge is 0.249 e. The number of aryl methyl sites for hydroxylation is 1. The summed E-state index contributed by atoms with van der Waals surface area (Å²) in [4.78, 5) is 11.5. The Kier molecular flexibility index (Phi) is 5.11. The second-order valence-corrected chi connectivity index (χ2v) is 4.16. The van der Waals surface area contributed by atoms with Gasteiger partial charge in [0.1, 0.15) is 0 Å². The van der Waals surface area contributed by atoms with Crippen molar-refractivity contribution < 1.29 is 13.6 Å². The van der Waals surface area contributed by atoms with E-state index in [9.17, 15) is 13.6 Å². The van der Waals surface area contributed by atoms with Gasteiger partial charge in [-0.15, -0.1) is 0 Å². The summed E-state index contributed by atoms with van der Waals surface area (Å²) in [5, 5.41) is 0.773. The second-order valence-electron chi connectivity index (χ2n) is 3.35. The van der Waals surface area contributed by atoms with Crippen LogP contribution >= 0.6 is 23.6 Å². The van der Waals surface area contributed by atoms with Crippen LogP contribution in [0.25, 0.3) is 0 Å². The van der Waals surface area contributed by atoms with Gasteiger partial charge >= 0.3 is 0 Å². The predicted octanol–water partition coefficient (Wildman–Crippen LogP) is 3.51. The lowest BCUT2D eigenvalue weighted by Crippen LogP contribution is -2.37. The van der Waals surface area contributed by atoms with E-state index in [4.69, 9.17) is 23.6 Å². The SMILES string of the molecule is Cc1ccc(N(C(=O)CC(F)F)N(Cl)Cl)cc1. The highest BCUT2D eigenvalue weighted by Gasteiger charge is 2.24. The summed E-state index contributed by atoms with van der Waals surface area (Å²) in [7, 11) is 0. The van der Waals surface area contributed by atoms with Crippen LogP contribution in [-0.4, -0.2) is 16.4 Å². The minimum Gasteiger partial charge on any atom is -0.273 e. The van der Waals surface area contributed by atoms with Gasteiger partial charge in [0.05, 0.1) is 12.1 Å². The third-order valence-electron chi connectivity index (χ3n) is 1.99. The van der Waals surface area contributed by atoms with Crippen molar-refractivity contribution in [3.63, 3.8) is 0 Å². The highest BCUT2D eigenvalue weighted by atomic mass is 35.5. The summed E-state index contributed by atoms with van der Waals surface area (Å²) < 4.78 is 24.7. The first kappa shape index (κ1) is 14.2. The lowest BCUT2D eigenvalue weighted by molar-refractivity contribution is -0.122. The largest absolute Gasteiger partial charge is 0.273 e. The van der Waals surface area contributed by atoms with Crippen LogP contribution in [0.3, 0.4) is 0 Å². The number of amides is 1. The molecule has 1 rings (SSSR count). The zero-order valence-electron chi connectivity index (χ0n) is 8.91. The zero-order valence-corrected chi connectivity index (χ0v) is 10.4. The molecule has 94 valence electrons. The molecule has 0 aliphatic rings. The Hall–Kier alpha value is -0.910. The molecule has 0 unspecified atom stereocenters. The van der Waals surface area contributed by atoms with E-state index in [1.54, 1.807) is 24.3 Å². The fraction of sp³-hybridized carbons (Fsp3) is 0.300. The molecule has 0 N–H and O–H groups in total. The second kappa shape index (κ2) is 6.14. The van der Waals surface area contributed by atoms with Gasteiger partial charge in [0, 0.05) is 23.6 Å². The number of hydrogen-bond acceptors (Lipinski definition) is 2. The number of benzene rings is 1. The van der Waals surface area contributed by atoms with Crippen molar-refractivity contribution in [3.05, 3.63) is 29.8 Å². The Morgan fingerprint density at radius 3 is 2.24 bits per heavy atom. The number of halogens is 4. The van der Waals surface area contributed by atoms with Crippen LogP contribution in [0.5, 0.6) is 0 Å². The molecule has 0 fully saturated rings. The fourth-order valence-corrected chi connectivity index (χ4v) is 1.56. The Bertz CT molecular complexity index is 384. The number of nitrogens with zero attached hydrogens (tertiary/aromatic N) is 2. The van der Waals surface area contributed by atoms with Gasteiger partial charge in [-0.1, -0.05) is 17.7 Å². The van der Waals surface area contributed by atoms with Gasteiger partial charge in [-0.05, 0) is 23.1 Å². The summed E-state index contributed by atoms with van der Waals surface area (Å²) in [5.41, 5.74) is 1.29. The van der Waals surface area contributed by atoms with Gasteiger partial charge in [0.2, 0.25) is 12.3 Å². The van der Waals surface area contributed by atoms with Gasteiger partial charge in [0.25, 0.3) is 0 Å². The van der Waals surface area contributed by atoms with E-state index in [0.29, 0.717) is 9.73 Å². The Morgan fingerprint density at radius 2 is 1.82 bits per heavy atom. The highest BCUT2D eigenvalue weighted by molar-refractivity contribution is 6.36. The first-order valence-corrected chi connectivity index (χ1v) is 5.39. The number of carbonyl (C=O) groups excluding carboxylic acids is 1. The molecule has 7 heteroatoms. The third-order valence-corrected chi connectivity index (χ3v) is 2.30. The van der Waals surface area contributed by atoms with E-state index < -0.39 is 18.8 Å². The van der Waals surface area contributed by atoms with Gasteiger partial charge in [-0.25, -0.2) is 13.8 Å². The molecule has 0 spiro atoms. The third kappa shape index (κ3) is 4.11. The van der Waals surface area contributed by atoms with Crippen LogP contribution in [0.15, 0.2) is 24.3 Å². The number of hydrogen-bond donors (Lipinski definition) is 0. The topological polar surface area (TPSA) is 23.6 Å². The van der Waals surface area contributed by atoms with Crippen molar-refractivity contribution in [2.45, 2.75) is 19.8 Å². The molecule has 1 aromatic carbocycles. The van der Waals surface area contributed by atoms with Crippen LogP contribution in [-0.2, 0) is 4.79 Å². The van der Waals surface area contributed by atoms with Crippen molar-refractivity contribution in [1.82, 2.24) is 4.05 Å². The van der Waals surface area contributed by atoms with Crippen LogP contribution in [0.4, 0.5) is 14.5 Å². The molecule has 0 aliphatic carbocycles. The number of hydrazine groups is 1. The standard InChI is InChI=1S/C10H10Cl2F2N2O/c1-7-2-4-8(5-3-7)15(16(11)12)10(17)6-9(13)14/h2-5,9H,6H2,1H3. The van der Waals surface area contributed by atoms with Gasteiger partial charge in [-0.3, -0.25) is 4.79 Å².